The van der Waals surface area contributed by atoms with Gasteiger partial charge in [-0.25, -0.2) is 0 Å². The number of halogens is 1. The van der Waals surface area contributed by atoms with Gasteiger partial charge in [0.05, 0.1) is 18.8 Å². The Morgan fingerprint density at radius 2 is 2.20 bits per heavy atom. The van der Waals surface area contributed by atoms with Gasteiger partial charge in [-0.1, -0.05) is 0 Å². The van der Waals surface area contributed by atoms with E-state index in [-0.39, 0.29) is 23.4 Å². The highest BCUT2D eigenvalue weighted by molar-refractivity contribution is 6.29. The zero-order valence-electron chi connectivity index (χ0n) is 11.4. The number of ether oxygens (including phenoxy) is 1. The molecule has 1 fully saturated rings. The lowest BCUT2D eigenvalue weighted by Crippen LogP contribution is -2.51. The summed E-state index contributed by atoms with van der Waals surface area (Å²) in [5.74, 6) is -0.253. The number of rotatable bonds is 5. The highest BCUT2D eigenvalue weighted by Gasteiger charge is 2.26. The topological polar surface area (TPSA) is 74.9 Å². The molecule has 6 nitrogen and oxygen atoms in total. The molecule has 0 saturated carbocycles. The minimum absolute atomic E-state index is 0.136. The molecule has 2 N–H and O–H groups in total. The number of hydrogen-bond acceptors (Lipinski definition) is 5. The van der Waals surface area contributed by atoms with E-state index < -0.39 is 5.60 Å². The van der Waals surface area contributed by atoms with Crippen molar-refractivity contribution >= 4 is 17.5 Å². The van der Waals surface area contributed by atoms with Gasteiger partial charge in [-0.15, -0.1) is 0 Å². The van der Waals surface area contributed by atoms with Gasteiger partial charge in [0.1, 0.15) is 0 Å². The van der Waals surface area contributed by atoms with Crippen LogP contribution in [0.15, 0.2) is 16.5 Å². The van der Waals surface area contributed by atoms with Crippen LogP contribution in [0.2, 0.25) is 5.22 Å². The molecule has 0 aromatic carbocycles. The second-order valence-corrected chi connectivity index (χ2v) is 5.54. The molecule has 0 spiro atoms. The zero-order chi connectivity index (χ0) is 14.6. The van der Waals surface area contributed by atoms with Gasteiger partial charge in [0, 0.05) is 26.2 Å². The van der Waals surface area contributed by atoms with Gasteiger partial charge >= 0.3 is 0 Å². The lowest BCUT2D eigenvalue weighted by Gasteiger charge is -2.33. The second-order valence-electron chi connectivity index (χ2n) is 5.17. The molecule has 1 aromatic heterocycles. The van der Waals surface area contributed by atoms with E-state index in [0.29, 0.717) is 19.8 Å². The van der Waals surface area contributed by atoms with Crippen molar-refractivity contribution in [2.45, 2.75) is 12.5 Å². The summed E-state index contributed by atoms with van der Waals surface area (Å²) in [6.07, 6.45) is 0. The summed E-state index contributed by atoms with van der Waals surface area (Å²) in [4.78, 5) is 13.9. The molecule has 0 bridgehead atoms. The summed E-state index contributed by atoms with van der Waals surface area (Å²) in [7, 11) is 0. The monoisotopic (exact) mass is 302 g/mol. The molecular formula is C13H19ClN2O4. The number of hydrogen-bond donors (Lipinski definition) is 2. The summed E-state index contributed by atoms with van der Waals surface area (Å²) in [5, 5.41) is 13.1. The molecule has 0 radical (unpaired) electrons. The number of morpholine rings is 1. The van der Waals surface area contributed by atoms with Crippen molar-refractivity contribution in [3.05, 3.63) is 23.1 Å². The minimum Gasteiger partial charge on any atom is -0.440 e. The van der Waals surface area contributed by atoms with E-state index in [0.717, 1.165) is 13.1 Å². The predicted molar refractivity (Wildman–Crippen MR) is 73.9 cm³/mol. The summed E-state index contributed by atoms with van der Waals surface area (Å²) in [6.45, 7) is 5.24. The Bertz CT molecular complexity index is 455. The van der Waals surface area contributed by atoms with Crippen molar-refractivity contribution < 1.29 is 19.1 Å². The smallest absolute Gasteiger partial charge is 0.287 e. The van der Waals surface area contributed by atoms with E-state index in [1.54, 1.807) is 6.92 Å². The van der Waals surface area contributed by atoms with Crippen molar-refractivity contribution in [2.24, 2.45) is 0 Å². The Kier molecular flexibility index (Phi) is 5.04. The average Bonchev–Trinajstić information content (AvgIpc) is 2.83. The average molecular weight is 303 g/mol. The van der Waals surface area contributed by atoms with Crippen LogP contribution in [-0.4, -0.2) is 60.9 Å². The summed E-state index contributed by atoms with van der Waals surface area (Å²) in [5.41, 5.74) is -1.01. The normalized spacial score (nSPS) is 19.6. The molecule has 20 heavy (non-hydrogen) atoms. The number of furan rings is 1. The van der Waals surface area contributed by atoms with Crippen LogP contribution in [0.1, 0.15) is 17.5 Å². The van der Waals surface area contributed by atoms with E-state index >= 15 is 0 Å². The number of aliphatic hydroxyl groups is 1. The molecule has 0 aliphatic carbocycles. The summed E-state index contributed by atoms with van der Waals surface area (Å²) < 4.78 is 10.3. The van der Waals surface area contributed by atoms with Crippen molar-refractivity contribution in [1.29, 1.82) is 0 Å². The number of carbonyl (C=O) groups is 1. The van der Waals surface area contributed by atoms with Gasteiger partial charge in [-0.3, -0.25) is 9.69 Å². The molecule has 1 aliphatic rings. The quantitative estimate of drug-likeness (QED) is 0.839. The van der Waals surface area contributed by atoms with E-state index in [1.807, 2.05) is 0 Å². The fourth-order valence-electron chi connectivity index (χ4n) is 2.09. The van der Waals surface area contributed by atoms with Crippen LogP contribution in [0, 0.1) is 0 Å². The SMILES string of the molecule is CC(O)(CNC(=O)c1ccc(Cl)o1)CN1CCOCC1. The van der Waals surface area contributed by atoms with Crippen molar-refractivity contribution in [3.8, 4) is 0 Å². The Labute approximate surface area is 122 Å². The van der Waals surface area contributed by atoms with E-state index in [2.05, 4.69) is 10.2 Å². The lowest BCUT2D eigenvalue weighted by molar-refractivity contribution is -0.0213. The fraction of sp³-hybridized carbons (Fsp3) is 0.615. The molecular weight excluding hydrogens is 284 g/mol. The number of amides is 1. The highest BCUT2D eigenvalue weighted by Crippen LogP contribution is 2.13. The third-order valence-corrected chi connectivity index (χ3v) is 3.30. The molecule has 1 saturated heterocycles. The fourth-order valence-corrected chi connectivity index (χ4v) is 2.24. The van der Waals surface area contributed by atoms with Gasteiger partial charge in [0.25, 0.3) is 5.91 Å². The standard InChI is InChI=1S/C13H19ClN2O4/c1-13(18,9-16-4-6-19-7-5-16)8-15-12(17)10-2-3-11(14)20-10/h2-3,18H,4-9H2,1H3,(H,15,17). The Morgan fingerprint density at radius 1 is 1.50 bits per heavy atom. The highest BCUT2D eigenvalue weighted by atomic mass is 35.5. The van der Waals surface area contributed by atoms with Gasteiger partial charge in [-0.05, 0) is 30.7 Å². The molecule has 1 unspecified atom stereocenters. The first kappa shape index (κ1) is 15.3. The van der Waals surface area contributed by atoms with Crippen LogP contribution in [0.3, 0.4) is 0 Å². The predicted octanol–water partition coefficient (Wildman–Crippen LogP) is 0.746. The molecule has 1 atom stereocenters. The van der Waals surface area contributed by atoms with Crippen LogP contribution in [0.5, 0.6) is 0 Å². The first-order valence-electron chi connectivity index (χ1n) is 6.52. The van der Waals surface area contributed by atoms with E-state index in [4.69, 9.17) is 20.8 Å². The maximum Gasteiger partial charge on any atom is 0.287 e. The number of carbonyl (C=O) groups excluding carboxylic acids is 1. The lowest BCUT2D eigenvalue weighted by atomic mass is 10.1. The molecule has 112 valence electrons. The van der Waals surface area contributed by atoms with Gasteiger partial charge in [-0.2, -0.15) is 0 Å². The molecule has 1 amide bonds. The Balaban J connectivity index is 1.80. The minimum atomic E-state index is -1.01. The Morgan fingerprint density at radius 3 is 2.80 bits per heavy atom. The molecule has 1 aromatic rings. The molecule has 7 heteroatoms. The number of β-amino-alcohol motifs (C(OH)–C–C–N with tert-alkyl or cyclic N) is 1. The first-order chi connectivity index (χ1) is 9.46. The number of nitrogens with zero attached hydrogens (tertiary/aromatic N) is 1. The third kappa shape index (κ3) is 4.49. The van der Waals surface area contributed by atoms with Crippen molar-refractivity contribution in [1.82, 2.24) is 10.2 Å². The van der Waals surface area contributed by atoms with Gasteiger partial charge in [0.2, 0.25) is 0 Å². The maximum atomic E-state index is 11.8. The van der Waals surface area contributed by atoms with Gasteiger partial charge < -0.3 is 19.6 Å². The maximum absolute atomic E-state index is 11.8. The van der Waals surface area contributed by atoms with Crippen LogP contribution in [0.4, 0.5) is 0 Å². The van der Waals surface area contributed by atoms with E-state index in [1.165, 1.54) is 12.1 Å². The summed E-state index contributed by atoms with van der Waals surface area (Å²) in [6, 6.07) is 3.00. The number of nitrogens with one attached hydrogen (secondary N) is 1. The third-order valence-electron chi connectivity index (χ3n) is 3.09. The zero-order valence-corrected chi connectivity index (χ0v) is 12.2. The molecule has 1 aliphatic heterocycles. The van der Waals surface area contributed by atoms with Crippen LogP contribution in [-0.2, 0) is 4.74 Å². The second kappa shape index (κ2) is 6.58. The van der Waals surface area contributed by atoms with Crippen LogP contribution >= 0.6 is 11.6 Å². The Hall–Kier alpha value is -1.08. The van der Waals surface area contributed by atoms with Crippen molar-refractivity contribution in [2.75, 3.05) is 39.4 Å². The van der Waals surface area contributed by atoms with Crippen LogP contribution in [0.25, 0.3) is 0 Å². The van der Waals surface area contributed by atoms with Crippen molar-refractivity contribution in [3.63, 3.8) is 0 Å². The van der Waals surface area contributed by atoms with E-state index in [9.17, 15) is 9.90 Å². The molecule has 2 rings (SSSR count). The first-order valence-corrected chi connectivity index (χ1v) is 6.90. The summed E-state index contributed by atoms with van der Waals surface area (Å²) >= 11 is 5.61. The van der Waals surface area contributed by atoms with Gasteiger partial charge in [0.15, 0.2) is 11.0 Å². The van der Waals surface area contributed by atoms with Crippen LogP contribution < -0.4 is 5.32 Å². The molecule has 2 heterocycles. The largest absolute Gasteiger partial charge is 0.440 e.